The molecular formula is C21H24FN3O2S. The summed E-state index contributed by atoms with van der Waals surface area (Å²) in [6.45, 7) is 1.80. The van der Waals surface area contributed by atoms with Gasteiger partial charge < -0.3 is 5.32 Å². The van der Waals surface area contributed by atoms with Gasteiger partial charge in [0.05, 0.1) is 23.0 Å². The quantitative estimate of drug-likeness (QED) is 0.812. The summed E-state index contributed by atoms with van der Waals surface area (Å²) in [7, 11) is -1.85. The maximum Gasteiger partial charge on any atom is 0.217 e. The average molecular weight is 402 g/mol. The summed E-state index contributed by atoms with van der Waals surface area (Å²) in [5, 5.41) is 6.94. The van der Waals surface area contributed by atoms with Crippen molar-refractivity contribution in [3.8, 4) is 0 Å². The van der Waals surface area contributed by atoms with Crippen LogP contribution in [0.3, 0.4) is 0 Å². The van der Waals surface area contributed by atoms with E-state index in [2.05, 4.69) is 22.8 Å². The molecule has 148 valence electrons. The molecule has 7 heteroatoms. The molecule has 0 amide bonds. The van der Waals surface area contributed by atoms with Crippen LogP contribution in [-0.2, 0) is 22.0 Å². The summed E-state index contributed by atoms with van der Waals surface area (Å²) in [5.74, 6) is -0.504. The number of halogens is 1. The topological polar surface area (TPSA) is 61.4 Å². The van der Waals surface area contributed by atoms with Crippen LogP contribution >= 0.6 is 0 Å². The van der Waals surface area contributed by atoms with E-state index in [1.807, 2.05) is 18.2 Å². The molecule has 1 saturated carbocycles. The Kier molecular flexibility index (Phi) is 3.73. The number of anilines is 1. The highest BCUT2D eigenvalue weighted by atomic mass is 32.2. The second kappa shape index (κ2) is 5.78. The van der Waals surface area contributed by atoms with Gasteiger partial charge in [0.1, 0.15) is 5.82 Å². The van der Waals surface area contributed by atoms with Crippen molar-refractivity contribution in [2.75, 3.05) is 18.1 Å². The number of fused-ring (bicyclic) bond motifs is 1. The van der Waals surface area contributed by atoms with Gasteiger partial charge in [-0.3, -0.25) is 5.32 Å². The average Bonchev–Trinajstić information content (AvgIpc) is 3.28. The van der Waals surface area contributed by atoms with E-state index in [0.717, 1.165) is 29.7 Å². The zero-order valence-corrected chi connectivity index (χ0v) is 16.8. The second-order valence-corrected chi connectivity index (χ2v) is 10.5. The van der Waals surface area contributed by atoms with Crippen molar-refractivity contribution in [3.05, 3.63) is 65.0 Å². The Hall–Kier alpha value is -1.96. The lowest BCUT2D eigenvalue weighted by molar-refractivity contribution is 0.188. The van der Waals surface area contributed by atoms with E-state index in [1.165, 1.54) is 4.31 Å². The molecule has 1 spiro atoms. The minimum absolute atomic E-state index is 0.0996. The number of sulfonamides is 1. The zero-order chi connectivity index (χ0) is 19.7. The summed E-state index contributed by atoms with van der Waals surface area (Å²) in [6, 6.07) is 13.6. The first-order valence-corrected chi connectivity index (χ1v) is 11.2. The van der Waals surface area contributed by atoms with Crippen LogP contribution in [0.15, 0.2) is 42.5 Å². The van der Waals surface area contributed by atoms with Crippen LogP contribution < -0.4 is 10.6 Å². The third kappa shape index (κ3) is 2.68. The largest absolute Gasteiger partial charge is 0.378 e. The standard InChI is InChI=1S/C21H24FN3O2S/c1-20(13-28(26,27)25(2)21(24-20)8-9-21)16-12-19-15(10-17(16)22)11-18(23-19)14-6-4-3-5-7-14/h3-7,10,12,18,23-24H,8-9,11,13H2,1-2H3/t18?,20-/m0/s1. The summed E-state index contributed by atoms with van der Waals surface area (Å²) in [5.41, 5.74) is 1.84. The van der Waals surface area contributed by atoms with Gasteiger partial charge in [-0.1, -0.05) is 30.3 Å². The molecule has 0 bridgehead atoms. The Balaban J connectivity index is 1.51. The van der Waals surface area contributed by atoms with Crippen molar-refractivity contribution < 1.29 is 12.8 Å². The molecule has 2 aromatic rings. The van der Waals surface area contributed by atoms with Crippen molar-refractivity contribution in [2.24, 2.45) is 0 Å². The molecule has 5 rings (SSSR count). The van der Waals surface area contributed by atoms with E-state index in [1.54, 1.807) is 26.1 Å². The van der Waals surface area contributed by atoms with E-state index in [4.69, 9.17) is 0 Å². The fraction of sp³-hybridized carbons (Fsp3) is 0.429. The summed E-state index contributed by atoms with van der Waals surface area (Å²) >= 11 is 0. The Morgan fingerprint density at radius 1 is 1.18 bits per heavy atom. The van der Waals surface area contributed by atoms with Crippen molar-refractivity contribution >= 4 is 15.7 Å². The van der Waals surface area contributed by atoms with Gasteiger partial charge in [0, 0.05) is 18.3 Å². The molecule has 1 saturated heterocycles. The Morgan fingerprint density at radius 3 is 2.57 bits per heavy atom. The van der Waals surface area contributed by atoms with Crippen LogP contribution in [0.4, 0.5) is 10.1 Å². The number of nitrogens with zero attached hydrogens (tertiary/aromatic N) is 1. The molecule has 2 heterocycles. The van der Waals surface area contributed by atoms with Gasteiger partial charge in [0.25, 0.3) is 0 Å². The van der Waals surface area contributed by atoms with E-state index in [-0.39, 0.29) is 17.6 Å². The number of nitrogens with one attached hydrogen (secondary N) is 2. The molecule has 3 aliphatic rings. The third-order valence-corrected chi connectivity index (χ3v) is 8.59. The van der Waals surface area contributed by atoms with Gasteiger partial charge in [-0.2, -0.15) is 4.31 Å². The molecule has 2 aliphatic heterocycles. The van der Waals surface area contributed by atoms with Crippen LogP contribution in [0.1, 0.15) is 42.5 Å². The molecule has 2 atom stereocenters. The lowest BCUT2D eigenvalue weighted by Gasteiger charge is -2.45. The van der Waals surface area contributed by atoms with Crippen molar-refractivity contribution in [2.45, 2.75) is 43.4 Å². The van der Waals surface area contributed by atoms with Gasteiger partial charge in [0.2, 0.25) is 10.0 Å². The smallest absolute Gasteiger partial charge is 0.217 e. The molecule has 28 heavy (non-hydrogen) atoms. The minimum Gasteiger partial charge on any atom is -0.378 e. The second-order valence-electron chi connectivity index (χ2n) is 8.51. The Morgan fingerprint density at radius 2 is 1.89 bits per heavy atom. The van der Waals surface area contributed by atoms with Crippen molar-refractivity contribution in [1.29, 1.82) is 0 Å². The first-order valence-electron chi connectivity index (χ1n) is 9.63. The van der Waals surface area contributed by atoms with E-state index >= 15 is 4.39 Å². The van der Waals surface area contributed by atoms with Crippen LogP contribution in [0.25, 0.3) is 0 Å². The van der Waals surface area contributed by atoms with E-state index in [9.17, 15) is 8.42 Å². The molecule has 2 fully saturated rings. The van der Waals surface area contributed by atoms with Crippen LogP contribution in [0.5, 0.6) is 0 Å². The van der Waals surface area contributed by atoms with Gasteiger partial charge in [-0.25, -0.2) is 12.8 Å². The van der Waals surface area contributed by atoms with Gasteiger partial charge in [-0.15, -0.1) is 0 Å². The van der Waals surface area contributed by atoms with E-state index < -0.39 is 21.2 Å². The Labute approximate surface area is 165 Å². The van der Waals surface area contributed by atoms with Crippen LogP contribution in [-0.4, -0.2) is 31.2 Å². The molecule has 1 aliphatic carbocycles. The maximum atomic E-state index is 15.1. The summed E-state index contributed by atoms with van der Waals surface area (Å²) in [4.78, 5) is 0. The number of benzene rings is 2. The fourth-order valence-corrected chi connectivity index (χ4v) is 6.66. The normalized spacial score (nSPS) is 30.0. The lowest BCUT2D eigenvalue weighted by atomic mass is 9.90. The zero-order valence-electron chi connectivity index (χ0n) is 16.0. The monoisotopic (exact) mass is 401 g/mol. The molecule has 5 nitrogen and oxygen atoms in total. The summed E-state index contributed by atoms with van der Waals surface area (Å²) < 4.78 is 42.1. The lowest BCUT2D eigenvalue weighted by Crippen LogP contribution is -2.65. The first-order chi connectivity index (χ1) is 13.2. The molecule has 0 aromatic heterocycles. The molecular weight excluding hydrogens is 377 g/mol. The van der Waals surface area contributed by atoms with Gasteiger partial charge in [-0.05, 0) is 49.4 Å². The van der Waals surface area contributed by atoms with E-state index in [0.29, 0.717) is 12.0 Å². The van der Waals surface area contributed by atoms with Crippen LogP contribution in [0.2, 0.25) is 0 Å². The predicted molar refractivity (Wildman–Crippen MR) is 107 cm³/mol. The first kappa shape index (κ1) is 18.1. The van der Waals surface area contributed by atoms with Crippen molar-refractivity contribution in [3.63, 3.8) is 0 Å². The molecule has 2 aromatic carbocycles. The van der Waals surface area contributed by atoms with Gasteiger partial charge >= 0.3 is 0 Å². The fourth-order valence-electron chi connectivity index (χ4n) is 4.75. The number of hydrogen-bond donors (Lipinski definition) is 2. The number of hydrogen-bond acceptors (Lipinski definition) is 4. The Bertz CT molecular complexity index is 1050. The highest BCUT2D eigenvalue weighted by molar-refractivity contribution is 7.89. The minimum atomic E-state index is -3.46. The van der Waals surface area contributed by atoms with Gasteiger partial charge in [0.15, 0.2) is 0 Å². The van der Waals surface area contributed by atoms with Crippen molar-refractivity contribution in [1.82, 2.24) is 9.62 Å². The number of rotatable bonds is 2. The molecule has 0 radical (unpaired) electrons. The highest BCUT2D eigenvalue weighted by Gasteiger charge is 2.59. The van der Waals surface area contributed by atoms with Crippen LogP contribution in [0, 0.1) is 5.82 Å². The maximum absolute atomic E-state index is 15.1. The predicted octanol–water partition coefficient (Wildman–Crippen LogP) is 3.11. The SMILES string of the molecule is CN1C2(CC2)N[C@](C)(c2cc3c(cc2F)CC(c2ccccc2)N3)CS1(=O)=O. The third-order valence-electron chi connectivity index (χ3n) is 6.47. The highest BCUT2D eigenvalue weighted by Crippen LogP contribution is 2.48. The molecule has 2 N–H and O–H groups in total. The molecule has 1 unspecified atom stereocenters. The summed E-state index contributed by atoms with van der Waals surface area (Å²) in [6.07, 6.45) is 2.21.